The summed E-state index contributed by atoms with van der Waals surface area (Å²) in [5.74, 6) is -0.0947. The van der Waals surface area contributed by atoms with E-state index in [1.54, 1.807) is 35.4 Å². The number of ether oxygens (including phenoxy) is 2. The van der Waals surface area contributed by atoms with Crippen molar-refractivity contribution >= 4 is 17.6 Å². The molecule has 0 saturated heterocycles. The Labute approximate surface area is 148 Å². The molecule has 1 N–H and O–H groups in total. The summed E-state index contributed by atoms with van der Waals surface area (Å²) in [6.45, 7) is 0. The zero-order chi connectivity index (χ0) is 18.5. The lowest BCUT2D eigenvalue weighted by molar-refractivity contribution is 0.0602. The molecule has 0 bridgehead atoms. The molecule has 0 spiro atoms. The number of hydrogen-bond acceptors (Lipinski definition) is 7. The topological polar surface area (TPSA) is 108 Å². The quantitative estimate of drug-likeness (QED) is 0.696. The van der Waals surface area contributed by atoms with Crippen molar-refractivity contribution in [2.24, 2.45) is 0 Å². The highest BCUT2D eigenvalue weighted by Crippen LogP contribution is 2.23. The maximum Gasteiger partial charge on any atom is 0.339 e. The van der Waals surface area contributed by atoms with Gasteiger partial charge in [0.05, 0.1) is 25.5 Å². The van der Waals surface area contributed by atoms with Crippen molar-refractivity contribution in [2.45, 2.75) is 0 Å². The van der Waals surface area contributed by atoms with Crippen LogP contribution < -0.4 is 10.1 Å². The molecule has 0 unspecified atom stereocenters. The van der Waals surface area contributed by atoms with Crippen LogP contribution in [0, 0.1) is 0 Å². The van der Waals surface area contributed by atoms with E-state index in [9.17, 15) is 9.59 Å². The normalized spacial score (nSPS) is 10.2. The summed E-state index contributed by atoms with van der Waals surface area (Å²) in [7, 11) is 2.75. The van der Waals surface area contributed by atoms with Crippen molar-refractivity contribution in [2.75, 3.05) is 19.5 Å². The first-order valence-corrected chi connectivity index (χ1v) is 7.52. The van der Waals surface area contributed by atoms with Crippen molar-refractivity contribution in [3.63, 3.8) is 0 Å². The van der Waals surface area contributed by atoms with Gasteiger partial charge in [-0.05, 0) is 24.3 Å². The molecular weight excluding hydrogens is 338 g/mol. The Morgan fingerprint density at radius 1 is 1.12 bits per heavy atom. The van der Waals surface area contributed by atoms with Gasteiger partial charge in [-0.2, -0.15) is 0 Å². The first-order chi connectivity index (χ1) is 12.6. The van der Waals surface area contributed by atoms with Gasteiger partial charge in [-0.15, -0.1) is 10.2 Å². The molecule has 0 atom stereocenters. The maximum atomic E-state index is 12.4. The van der Waals surface area contributed by atoms with Gasteiger partial charge in [-0.1, -0.05) is 0 Å². The number of imidazole rings is 1. The largest absolute Gasteiger partial charge is 0.497 e. The van der Waals surface area contributed by atoms with Crippen molar-refractivity contribution < 1.29 is 19.1 Å². The number of carbonyl (C=O) groups excluding carboxylic acids is 2. The van der Waals surface area contributed by atoms with Crippen LogP contribution in [0.15, 0.2) is 49.1 Å². The van der Waals surface area contributed by atoms with Gasteiger partial charge in [0.15, 0.2) is 11.5 Å². The molecule has 9 nitrogen and oxygen atoms in total. The average Bonchev–Trinajstić information content (AvgIpc) is 3.22. The van der Waals surface area contributed by atoms with Crippen LogP contribution in [0.4, 0.5) is 5.69 Å². The second-order valence-corrected chi connectivity index (χ2v) is 5.10. The average molecular weight is 353 g/mol. The van der Waals surface area contributed by atoms with Gasteiger partial charge in [0, 0.05) is 18.5 Å². The fraction of sp³-hybridized carbons (Fsp3) is 0.118. The minimum atomic E-state index is -0.579. The van der Waals surface area contributed by atoms with Gasteiger partial charge in [0.2, 0.25) is 0 Å². The van der Waals surface area contributed by atoms with Gasteiger partial charge in [0.25, 0.3) is 5.91 Å². The lowest BCUT2D eigenvalue weighted by Crippen LogP contribution is -2.17. The number of hydrogen-bond donors (Lipinski definition) is 1. The number of carbonyl (C=O) groups is 2. The van der Waals surface area contributed by atoms with E-state index < -0.39 is 11.9 Å². The summed E-state index contributed by atoms with van der Waals surface area (Å²) in [5.41, 5.74) is 0.541. The molecule has 3 rings (SSSR count). The van der Waals surface area contributed by atoms with Gasteiger partial charge in [0.1, 0.15) is 12.1 Å². The van der Waals surface area contributed by atoms with Crippen LogP contribution in [0.3, 0.4) is 0 Å². The number of amides is 1. The van der Waals surface area contributed by atoms with E-state index in [-0.39, 0.29) is 16.9 Å². The molecule has 3 aromatic rings. The van der Waals surface area contributed by atoms with Gasteiger partial charge < -0.3 is 14.8 Å². The summed E-state index contributed by atoms with van der Waals surface area (Å²) in [6, 6.07) is 7.79. The molecule has 26 heavy (non-hydrogen) atoms. The molecule has 0 fully saturated rings. The molecule has 1 amide bonds. The minimum absolute atomic E-state index is 0.0903. The number of rotatable bonds is 5. The number of nitrogens with zero attached hydrogens (tertiary/aromatic N) is 4. The molecular formula is C17H15N5O4. The van der Waals surface area contributed by atoms with Crippen LogP contribution in [0.1, 0.15) is 20.8 Å². The predicted octanol–water partition coefficient (Wildman–Crippen LogP) is 1.71. The third kappa shape index (κ3) is 3.51. The Kier molecular flexibility index (Phi) is 4.88. The molecule has 2 aromatic heterocycles. The summed E-state index contributed by atoms with van der Waals surface area (Å²) in [4.78, 5) is 28.2. The Morgan fingerprint density at radius 3 is 2.58 bits per heavy atom. The van der Waals surface area contributed by atoms with Gasteiger partial charge >= 0.3 is 5.97 Å². The summed E-state index contributed by atoms with van der Waals surface area (Å²) in [6.07, 6.45) is 4.89. The summed E-state index contributed by atoms with van der Waals surface area (Å²) < 4.78 is 11.5. The second kappa shape index (κ2) is 7.43. The number of aromatic nitrogens is 4. The zero-order valence-corrected chi connectivity index (χ0v) is 14.0. The minimum Gasteiger partial charge on any atom is -0.497 e. The van der Waals surface area contributed by atoms with E-state index in [1.165, 1.54) is 32.4 Å². The third-order valence-corrected chi connectivity index (χ3v) is 3.53. The highest BCUT2D eigenvalue weighted by Gasteiger charge is 2.17. The van der Waals surface area contributed by atoms with E-state index in [0.717, 1.165) is 0 Å². The Morgan fingerprint density at radius 2 is 1.96 bits per heavy atom. The lowest BCUT2D eigenvalue weighted by atomic mass is 10.1. The van der Waals surface area contributed by atoms with Crippen LogP contribution in [-0.4, -0.2) is 45.8 Å². The van der Waals surface area contributed by atoms with E-state index in [0.29, 0.717) is 11.6 Å². The van der Waals surface area contributed by atoms with E-state index in [1.807, 2.05) is 0 Å². The Bertz CT molecular complexity index is 923. The number of benzene rings is 1. The first kappa shape index (κ1) is 17.1. The van der Waals surface area contributed by atoms with Crippen molar-refractivity contribution in [3.8, 4) is 11.6 Å². The molecule has 9 heteroatoms. The summed E-state index contributed by atoms with van der Waals surface area (Å²) >= 11 is 0. The SMILES string of the molecule is COC(=O)c1ccc(OC)cc1NC(=O)c1ccc(-n2ccnc2)nn1. The zero-order valence-electron chi connectivity index (χ0n) is 14.0. The monoisotopic (exact) mass is 353 g/mol. The van der Waals surface area contributed by atoms with Crippen LogP contribution in [0.25, 0.3) is 5.82 Å². The van der Waals surface area contributed by atoms with Crippen molar-refractivity contribution in [1.29, 1.82) is 0 Å². The highest BCUT2D eigenvalue weighted by atomic mass is 16.5. The van der Waals surface area contributed by atoms with E-state index in [4.69, 9.17) is 9.47 Å². The number of methoxy groups -OCH3 is 2. The molecule has 0 aliphatic rings. The maximum absolute atomic E-state index is 12.4. The smallest absolute Gasteiger partial charge is 0.339 e. The van der Waals surface area contributed by atoms with Crippen LogP contribution in [0.2, 0.25) is 0 Å². The highest BCUT2D eigenvalue weighted by molar-refractivity contribution is 6.07. The van der Waals surface area contributed by atoms with Gasteiger partial charge in [-0.3, -0.25) is 9.36 Å². The fourth-order valence-corrected chi connectivity index (χ4v) is 2.21. The summed E-state index contributed by atoms with van der Waals surface area (Å²) in [5, 5.41) is 10.5. The molecule has 0 aliphatic carbocycles. The predicted molar refractivity (Wildman–Crippen MR) is 91.4 cm³/mol. The van der Waals surface area contributed by atoms with Crippen LogP contribution >= 0.6 is 0 Å². The van der Waals surface area contributed by atoms with E-state index >= 15 is 0 Å². The second-order valence-electron chi connectivity index (χ2n) is 5.10. The number of anilines is 1. The number of nitrogens with one attached hydrogen (secondary N) is 1. The van der Waals surface area contributed by atoms with Gasteiger partial charge in [-0.25, -0.2) is 9.78 Å². The third-order valence-electron chi connectivity index (χ3n) is 3.53. The molecule has 2 heterocycles. The molecule has 0 saturated carbocycles. The van der Waals surface area contributed by atoms with E-state index in [2.05, 4.69) is 20.5 Å². The lowest BCUT2D eigenvalue weighted by Gasteiger charge is -2.11. The Balaban J connectivity index is 1.84. The Hall–Kier alpha value is -3.75. The van der Waals surface area contributed by atoms with Crippen molar-refractivity contribution in [3.05, 3.63) is 60.3 Å². The van der Waals surface area contributed by atoms with Crippen LogP contribution in [0.5, 0.6) is 5.75 Å². The first-order valence-electron chi connectivity index (χ1n) is 7.52. The molecule has 0 radical (unpaired) electrons. The van der Waals surface area contributed by atoms with Crippen LogP contribution in [-0.2, 0) is 4.74 Å². The fourth-order valence-electron chi connectivity index (χ4n) is 2.21. The van der Waals surface area contributed by atoms with Crippen molar-refractivity contribution in [1.82, 2.24) is 19.7 Å². The molecule has 0 aliphatic heterocycles. The number of esters is 1. The standard InChI is InChI=1S/C17H15N5O4/c1-25-11-3-4-12(17(24)26-2)14(9-11)19-16(23)13-5-6-15(21-20-13)22-8-7-18-10-22/h3-10H,1-2H3,(H,19,23). The molecule has 132 valence electrons. The molecule has 1 aromatic carbocycles.